The van der Waals surface area contributed by atoms with Gasteiger partial charge in [-0.1, -0.05) is 19.1 Å². The Morgan fingerprint density at radius 3 is 2.79 bits per heavy atom. The molecule has 0 saturated carbocycles. The molecule has 126 valence electrons. The second kappa shape index (κ2) is 7.64. The van der Waals surface area contributed by atoms with Crippen molar-refractivity contribution in [1.82, 2.24) is 9.97 Å². The number of rotatable bonds is 6. The molecule has 0 fully saturated rings. The van der Waals surface area contributed by atoms with E-state index in [-0.39, 0.29) is 12.5 Å². The molecule has 0 saturated heterocycles. The number of nitrogens with zero attached hydrogens (tertiary/aromatic N) is 3. The predicted octanol–water partition coefficient (Wildman–Crippen LogP) is 3.79. The molecular weight excluding hydrogens is 321 g/mol. The summed E-state index contributed by atoms with van der Waals surface area (Å²) >= 11 is 0. The van der Waals surface area contributed by atoms with Gasteiger partial charge in [0.1, 0.15) is 17.5 Å². The van der Waals surface area contributed by atoms with Gasteiger partial charge in [-0.15, -0.1) is 0 Å². The molecule has 8 heteroatoms. The molecule has 1 atom stereocenters. The van der Waals surface area contributed by atoms with Gasteiger partial charge in [0.15, 0.2) is 6.10 Å². The highest BCUT2D eigenvalue weighted by atomic mass is 19.4. The van der Waals surface area contributed by atoms with E-state index in [4.69, 9.17) is 10.00 Å². The first-order chi connectivity index (χ1) is 11.4. The third-order valence-electron chi connectivity index (χ3n) is 3.09. The van der Waals surface area contributed by atoms with Gasteiger partial charge in [0.05, 0.1) is 0 Å². The fourth-order valence-electron chi connectivity index (χ4n) is 1.88. The van der Waals surface area contributed by atoms with E-state index in [1.54, 1.807) is 24.3 Å². The molecular formula is C16H15F3N4O. The van der Waals surface area contributed by atoms with Crippen LogP contribution in [-0.2, 0) is 12.7 Å². The van der Waals surface area contributed by atoms with E-state index in [0.29, 0.717) is 12.2 Å². The van der Waals surface area contributed by atoms with E-state index < -0.39 is 18.0 Å². The highest BCUT2D eigenvalue weighted by molar-refractivity contribution is 5.33. The maximum atomic E-state index is 12.6. The van der Waals surface area contributed by atoms with Crippen LogP contribution >= 0.6 is 0 Å². The van der Waals surface area contributed by atoms with Crippen LogP contribution < -0.4 is 10.1 Å². The number of hydrogen-bond donors (Lipinski definition) is 1. The van der Waals surface area contributed by atoms with Gasteiger partial charge >= 0.3 is 6.18 Å². The highest BCUT2D eigenvalue weighted by Gasteiger charge is 2.32. The van der Waals surface area contributed by atoms with Crippen molar-refractivity contribution in [1.29, 1.82) is 5.26 Å². The van der Waals surface area contributed by atoms with Crippen molar-refractivity contribution in [2.75, 3.05) is 5.32 Å². The quantitative estimate of drug-likeness (QED) is 0.869. The average molecular weight is 336 g/mol. The van der Waals surface area contributed by atoms with Crippen LogP contribution in [-0.4, -0.2) is 16.1 Å². The Balaban J connectivity index is 2.04. The summed E-state index contributed by atoms with van der Waals surface area (Å²) in [6.45, 7) is 2.06. The van der Waals surface area contributed by atoms with Gasteiger partial charge in [0, 0.05) is 12.7 Å². The number of anilines is 1. The first kappa shape index (κ1) is 17.5. The number of hydrogen-bond acceptors (Lipinski definition) is 5. The molecule has 0 aliphatic carbocycles. The van der Waals surface area contributed by atoms with Crippen molar-refractivity contribution in [2.45, 2.75) is 32.2 Å². The molecule has 1 heterocycles. The summed E-state index contributed by atoms with van der Waals surface area (Å²) in [5.74, 6) is 0.410. The number of halogens is 3. The Morgan fingerprint density at radius 2 is 2.12 bits per heavy atom. The molecule has 24 heavy (non-hydrogen) atoms. The third-order valence-corrected chi connectivity index (χ3v) is 3.09. The number of ether oxygens (including phenoxy) is 1. The minimum absolute atomic E-state index is 0.111. The lowest BCUT2D eigenvalue weighted by Crippen LogP contribution is -2.13. The molecule has 1 aromatic heterocycles. The minimum atomic E-state index is -4.51. The van der Waals surface area contributed by atoms with Gasteiger partial charge in [-0.2, -0.15) is 18.4 Å². The van der Waals surface area contributed by atoms with Crippen molar-refractivity contribution in [2.24, 2.45) is 0 Å². The van der Waals surface area contributed by atoms with Crippen molar-refractivity contribution in [3.05, 3.63) is 47.8 Å². The molecule has 0 bridgehead atoms. The third kappa shape index (κ3) is 4.84. The van der Waals surface area contributed by atoms with Crippen LogP contribution in [0, 0.1) is 11.3 Å². The average Bonchev–Trinajstić information content (AvgIpc) is 2.58. The fourth-order valence-corrected chi connectivity index (χ4v) is 1.88. The Labute approximate surface area is 137 Å². The molecule has 2 rings (SSSR count). The van der Waals surface area contributed by atoms with E-state index in [1.165, 1.54) is 0 Å². The molecule has 5 nitrogen and oxygen atoms in total. The Hall–Kier alpha value is -2.82. The van der Waals surface area contributed by atoms with Crippen molar-refractivity contribution >= 4 is 5.95 Å². The van der Waals surface area contributed by atoms with Gasteiger partial charge < -0.3 is 10.1 Å². The van der Waals surface area contributed by atoms with Gasteiger partial charge in [-0.25, -0.2) is 9.97 Å². The van der Waals surface area contributed by atoms with Crippen LogP contribution in [0.15, 0.2) is 36.5 Å². The van der Waals surface area contributed by atoms with Crippen LogP contribution in [0.3, 0.4) is 0 Å². The lowest BCUT2D eigenvalue weighted by Gasteiger charge is -2.12. The normalized spacial score (nSPS) is 12.3. The molecule has 0 aliphatic rings. The van der Waals surface area contributed by atoms with Crippen LogP contribution in [0.2, 0.25) is 0 Å². The second-order valence-electron chi connectivity index (χ2n) is 4.91. The summed E-state index contributed by atoms with van der Waals surface area (Å²) in [5, 5.41) is 11.6. The predicted molar refractivity (Wildman–Crippen MR) is 81.1 cm³/mol. The molecule has 1 aromatic carbocycles. The van der Waals surface area contributed by atoms with Crippen molar-refractivity contribution in [3.63, 3.8) is 0 Å². The molecule has 0 spiro atoms. The van der Waals surface area contributed by atoms with Crippen LogP contribution in [0.1, 0.15) is 24.6 Å². The summed E-state index contributed by atoms with van der Waals surface area (Å²) in [6, 6.07) is 9.79. The topological polar surface area (TPSA) is 70.8 Å². The van der Waals surface area contributed by atoms with E-state index in [0.717, 1.165) is 17.8 Å². The SMILES string of the molecule is CCC(C#N)Oc1cccc(CNc2nccc(C(F)(F)F)n2)c1. The number of aromatic nitrogens is 2. The molecule has 1 unspecified atom stereocenters. The molecule has 1 N–H and O–H groups in total. The zero-order valence-corrected chi connectivity index (χ0v) is 12.8. The summed E-state index contributed by atoms with van der Waals surface area (Å²) in [4.78, 5) is 7.20. The lowest BCUT2D eigenvalue weighted by molar-refractivity contribution is -0.141. The first-order valence-electron chi connectivity index (χ1n) is 7.21. The smallest absolute Gasteiger partial charge is 0.433 e. The maximum Gasteiger partial charge on any atom is 0.433 e. The molecule has 2 aromatic rings. The Kier molecular flexibility index (Phi) is 5.58. The standard InChI is InChI=1S/C16H15F3N4O/c1-2-12(9-20)24-13-5-3-4-11(8-13)10-22-15-21-7-6-14(23-15)16(17,18)19/h3-8,12H,2,10H2,1H3,(H,21,22,23). The van der Waals surface area contributed by atoms with E-state index in [1.807, 2.05) is 13.0 Å². The molecule has 0 aliphatic heterocycles. The van der Waals surface area contributed by atoms with Crippen molar-refractivity contribution in [3.8, 4) is 11.8 Å². The van der Waals surface area contributed by atoms with Gasteiger partial charge in [0.25, 0.3) is 0 Å². The fraction of sp³-hybridized carbons (Fsp3) is 0.312. The van der Waals surface area contributed by atoms with Gasteiger partial charge in [0.2, 0.25) is 5.95 Å². The largest absolute Gasteiger partial charge is 0.476 e. The number of nitriles is 1. The minimum Gasteiger partial charge on any atom is -0.476 e. The lowest BCUT2D eigenvalue weighted by atomic mass is 10.2. The van der Waals surface area contributed by atoms with E-state index in [9.17, 15) is 13.2 Å². The molecule has 0 amide bonds. The van der Waals surface area contributed by atoms with Crippen LogP contribution in [0.5, 0.6) is 5.75 Å². The van der Waals surface area contributed by atoms with Gasteiger partial charge in [-0.05, 0) is 30.2 Å². The number of benzene rings is 1. The maximum absolute atomic E-state index is 12.6. The monoisotopic (exact) mass is 336 g/mol. The van der Waals surface area contributed by atoms with Gasteiger partial charge in [-0.3, -0.25) is 0 Å². The summed E-state index contributed by atoms with van der Waals surface area (Å²) < 4.78 is 43.3. The zero-order valence-electron chi connectivity index (χ0n) is 12.8. The van der Waals surface area contributed by atoms with Crippen molar-refractivity contribution < 1.29 is 17.9 Å². The zero-order chi connectivity index (χ0) is 17.6. The number of alkyl halides is 3. The van der Waals surface area contributed by atoms with E-state index >= 15 is 0 Å². The summed E-state index contributed by atoms with van der Waals surface area (Å²) in [6.07, 6.45) is -3.45. The second-order valence-corrected chi connectivity index (χ2v) is 4.91. The highest BCUT2D eigenvalue weighted by Crippen LogP contribution is 2.27. The summed E-state index contributed by atoms with van der Waals surface area (Å²) in [5.41, 5.74) is -0.238. The number of nitrogens with one attached hydrogen (secondary N) is 1. The Bertz CT molecular complexity index is 728. The first-order valence-corrected chi connectivity index (χ1v) is 7.21. The Morgan fingerprint density at radius 1 is 1.33 bits per heavy atom. The van der Waals surface area contributed by atoms with Crippen LogP contribution in [0.25, 0.3) is 0 Å². The summed E-state index contributed by atoms with van der Waals surface area (Å²) in [7, 11) is 0. The molecule has 0 radical (unpaired) electrons. The van der Waals surface area contributed by atoms with E-state index in [2.05, 4.69) is 15.3 Å². The van der Waals surface area contributed by atoms with Crippen LogP contribution in [0.4, 0.5) is 19.1 Å².